The molecule has 0 N–H and O–H groups in total. The zero-order valence-electron chi connectivity index (χ0n) is 17.3. The van der Waals surface area contributed by atoms with Gasteiger partial charge in [0.15, 0.2) is 0 Å². The van der Waals surface area contributed by atoms with Gasteiger partial charge in [0.2, 0.25) is 5.78 Å². The zero-order chi connectivity index (χ0) is 21.4. The molecule has 158 valence electrons. The van der Waals surface area contributed by atoms with Crippen LogP contribution in [0.1, 0.15) is 22.4 Å². The molecular formula is C24H23FN4O2. The standard InChI is InChI=1S/C24H23FN4O2/c1-31-20-7-5-17(6-8-20)15-29-23(30)21-16-27(14-18-3-2-4-19(25)13-18)11-9-22(21)28-12-10-26-24(28)29/h2-8,10,12-13H,9,11,14-16H2,1H3. The van der Waals surface area contributed by atoms with E-state index in [1.54, 1.807) is 30.0 Å². The molecule has 1 aliphatic heterocycles. The Morgan fingerprint density at radius 3 is 2.71 bits per heavy atom. The molecule has 0 unspecified atom stereocenters. The molecular weight excluding hydrogens is 395 g/mol. The number of nitrogens with zero attached hydrogens (tertiary/aromatic N) is 4. The number of methoxy groups -OCH3 is 1. The zero-order valence-corrected chi connectivity index (χ0v) is 17.3. The molecule has 2 aromatic carbocycles. The lowest BCUT2D eigenvalue weighted by Gasteiger charge is -2.29. The molecule has 0 radical (unpaired) electrons. The molecule has 0 bridgehead atoms. The van der Waals surface area contributed by atoms with Crippen molar-refractivity contribution in [2.75, 3.05) is 13.7 Å². The van der Waals surface area contributed by atoms with E-state index in [0.29, 0.717) is 25.4 Å². The van der Waals surface area contributed by atoms with Crippen molar-refractivity contribution in [3.05, 3.63) is 99.5 Å². The third kappa shape index (κ3) is 3.72. The first-order valence-electron chi connectivity index (χ1n) is 10.3. The number of halogens is 1. The minimum atomic E-state index is -0.239. The van der Waals surface area contributed by atoms with Gasteiger partial charge >= 0.3 is 0 Å². The predicted octanol–water partition coefficient (Wildman–Crippen LogP) is 3.25. The van der Waals surface area contributed by atoms with E-state index in [0.717, 1.165) is 41.1 Å². The summed E-state index contributed by atoms with van der Waals surface area (Å²) in [5.41, 5.74) is 3.68. The van der Waals surface area contributed by atoms with Gasteiger partial charge in [-0.2, -0.15) is 0 Å². The van der Waals surface area contributed by atoms with Gasteiger partial charge in [-0.25, -0.2) is 9.37 Å². The maximum atomic E-state index is 13.6. The first-order chi connectivity index (χ1) is 15.1. The summed E-state index contributed by atoms with van der Waals surface area (Å²) < 4.78 is 22.6. The van der Waals surface area contributed by atoms with Crippen LogP contribution in [0, 0.1) is 5.82 Å². The van der Waals surface area contributed by atoms with E-state index in [-0.39, 0.29) is 11.4 Å². The molecule has 0 fully saturated rings. The second kappa shape index (κ2) is 8.00. The molecule has 7 heteroatoms. The van der Waals surface area contributed by atoms with Crippen LogP contribution in [0.2, 0.25) is 0 Å². The van der Waals surface area contributed by atoms with Gasteiger partial charge in [0.1, 0.15) is 11.6 Å². The molecule has 5 rings (SSSR count). The Hall–Kier alpha value is -3.45. The van der Waals surface area contributed by atoms with Crippen molar-refractivity contribution in [1.82, 2.24) is 18.9 Å². The molecule has 0 spiro atoms. The van der Waals surface area contributed by atoms with Crippen LogP contribution in [0.5, 0.6) is 5.75 Å². The molecule has 4 aromatic rings. The van der Waals surface area contributed by atoms with Gasteiger partial charge in [0.05, 0.1) is 19.2 Å². The lowest BCUT2D eigenvalue weighted by molar-refractivity contribution is 0.240. The Morgan fingerprint density at radius 1 is 1.10 bits per heavy atom. The maximum Gasteiger partial charge on any atom is 0.259 e. The minimum absolute atomic E-state index is 0.0199. The summed E-state index contributed by atoms with van der Waals surface area (Å²) in [6.07, 6.45) is 4.40. The van der Waals surface area contributed by atoms with E-state index in [1.807, 2.05) is 40.9 Å². The van der Waals surface area contributed by atoms with E-state index >= 15 is 0 Å². The summed E-state index contributed by atoms with van der Waals surface area (Å²) >= 11 is 0. The van der Waals surface area contributed by atoms with Gasteiger partial charge in [0.25, 0.3) is 5.56 Å². The average Bonchev–Trinajstić information content (AvgIpc) is 3.27. The quantitative estimate of drug-likeness (QED) is 0.499. The fourth-order valence-electron chi connectivity index (χ4n) is 4.31. The first kappa shape index (κ1) is 19.5. The fourth-order valence-corrected chi connectivity index (χ4v) is 4.31. The Bertz CT molecular complexity index is 1290. The summed E-state index contributed by atoms with van der Waals surface area (Å²) in [5, 5.41) is 0. The topological polar surface area (TPSA) is 51.8 Å². The van der Waals surface area contributed by atoms with Crippen LogP contribution >= 0.6 is 0 Å². The molecule has 0 saturated heterocycles. The third-order valence-corrected chi connectivity index (χ3v) is 5.85. The summed E-state index contributed by atoms with van der Waals surface area (Å²) in [6, 6.07) is 14.3. The molecule has 0 aliphatic carbocycles. The molecule has 0 amide bonds. The third-order valence-electron chi connectivity index (χ3n) is 5.85. The normalized spacial score (nSPS) is 14.0. The number of benzene rings is 2. The molecule has 6 nitrogen and oxygen atoms in total. The summed E-state index contributed by atoms with van der Waals surface area (Å²) in [6.45, 7) is 2.37. The Morgan fingerprint density at radius 2 is 1.94 bits per heavy atom. The molecule has 0 saturated carbocycles. The van der Waals surface area contributed by atoms with E-state index in [4.69, 9.17) is 4.74 Å². The first-order valence-corrected chi connectivity index (χ1v) is 10.3. The van der Waals surface area contributed by atoms with Gasteiger partial charge < -0.3 is 4.74 Å². The van der Waals surface area contributed by atoms with Crippen LogP contribution in [0.3, 0.4) is 0 Å². The van der Waals surface area contributed by atoms with Crippen molar-refractivity contribution in [3.8, 4) is 5.75 Å². The van der Waals surface area contributed by atoms with E-state index in [1.165, 1.54) is 6.07 Å². The smallest absolute Gasteiger partial charge is 0.259 e. The van der Waals surface area contributed by atoms with E-state index < -0.39 is 0 Å². The molecule has 1 aliphatic rings. The highest BCUT2D eigenvalue weighted by molar-refractivity contribution is 5.39. The lowest BCUT2D eigenvalue weighted by Crippen LogP contribution is -2.38. The highest BCUT2D eigenvalue weighted by Crippen LogP contribution is 2.21. The molecule has 0 atom stereocenters. The van der Waals surface area contributed by atoms with Crippen molar-refractivity contribution >= 4 is 5.78 Å². The number of rotatable bonds is 5. The Kier molecular flexibility index (Phi) is 5.03. The lowest BCUT2D eigenvalue weighted by atomic mass is 10.1. The summed E-state index contributed by atoms with van der Waals surface area (Å²) in [7, 11) is 1.63. The van der Waals surface area contributed by atoms with Gasteiger partial charge in [-0.05, 0) is 35.4 Å². The van der Waals surface area contributed by atoms with Crippen molar-refractivity contribution in [2.24, 2.45) is 0 Å². The number of aromatic nitrogens is 3. The van der Waals surface area contributed by atoms with Crippen LogP contribution in [0.4, 0.5) is 4.39 Å². The van der Waals surface area contributed by atoms with Crippen molar-refractivity contribution in [3.63, 3.8) is 0 Å². The minimum Gasteiger partial charge on any atom is -0.497 e. The molecule has 31 heavy (non-hydrogen) atoms. The number of imidazole rings is 1. The average molecular weight is 418 g/mol. The van der Waals surface area contributed by atoms with E-state index in [9.17, 15) is 9.18 Å². The summed E-state index contributed by atoms with van der Waals surface area (Å²) in [4.78, 5) is 20.2. The highest BCUT2D eigenvalue weighted by Gasteiger charge is 2.24. The Balaban J connectivity index is 1.50. The highest BCUT2D eigenvalue weighted by atomic mass is 19.1. The number of hydrogen-bond acceptors (Lipinski definition) is 4. The van der Waals surface area contributed by atoms with Crippen molar-refractivity contribution in [1.29, 1.82) is 0 Å². The second-order valence-electron chi connectivity index (χ2n) is 7.85. The van der Waals surface area contributed by atoms with Crippen LogP contribution in [-0.2, 0) is 26.1 Å². The van der Waals surface area contributed by atoms with Crippen LogP contribution in [0.25, 0.3) is 5.78 Å². The molecule has 3 heterocycles. The fraction of sp³-hybridized carbons (Fsp3) is 0.250. The number of hydrogen-bond donors (Lipinski definition) is 0. The summed E-state index contributed by atoms with van der Waals surface area (Å²) in [5.74, 6) is 1.19. The monoisotopic (exact) mass is 418 g/mol. The largest absolute Gasteiger partial charge is 0.497 e. The predicted molar refractivity (Wildman–Crippen MR) is 116 cm³/mol. The molecule has 2 aromatic heterocycles. The van der Waals surface area contributed by atoms with Crippen molar-refractivity contribution in [2.45, 2.75) is 26.1 Å². The van der Waals surface area contributed by atoms with Crippen LogP contribution in [0.15, 0.2) is 65.7 Å². The van der Waals surface area contributed by atoms with Gasteiger partial charge in [-0.3, -0.25) is 18.7 Å². The van der Waals surface area contributed by atoms with Gasteiger partial charge in [-0.1, -0.05) is 24.3 Å². The SMILES string of the molecule is COc1ccc(Cn2c(=O)c3c(n4ccnc24)CCN(Cc2cccc(F)c2)C3)cc1. The van der Waals surface area contributed by atoms with Gasteiger partial charge in [-0.15, -0.1) is 0 Å². The van der Waals surface area contributed by atoms with Crippen LogP contribution in [-0.4, -0.2) is 32.5 Å². The Labute approximate surface area is 179 Å². The van der Waals surface area contributed by atoms with Crippen LogP contribution < -0.4 is 10.3 Å². The maximum absolute atomic E-state index is 13.6. The van der Waals surface area contributed by atoms with Gasteiger partial charge in [0, 0.05) is 44.1 Å². The number of ether oxygens (including phenoxy) is 1. The second-order valence-corrected chi connectivity index (χ2v) is 7.85. The van der Waals surface area contributed by atoms with E-state index in [2.05, 4.69) is 9.88 Å². The van der Waals surface area contributed by atoms with Crippen molar-refractivity contribution < 1.29 is 9.13 Å². The number of fused-ring (bicyclic) bond motifs is 3.